The van der Waals surface area contributed by atoms with Crippen LogP contribution in [0.15, 0.2) is 40.9 Å². The Morgan fingerprint density at radius 1 is 1.13 bits per heavy atom. The van der Waals surface area contributed by atoms with Crippen LogP contribution < -0.4 is 5.73 Å². The van der Waals surface area contributed by atoms with E-state index in [0.29, 0.717) is 22.5 Å². The molecule has 3 aromatic rings. The van der Waals surface area contributed by atoms with E-state index in [4.69, 9.17) is 10.3 Å². The van der Waals surface area contributed by atoms with Crippen LogP contribution in [0.25, 0.3) is 22.6 Å². The van der Waals surface area contributed by atoms with Crippen LogP contribution in [-0.4, -0.2) is 10.1 Å². The normalized spacial score (nSPS) is 12.4. The van der Waals surface area contributed by atoms with Crippen LogP contribution in [0.3, 0.4) is 0 Å². The second kappa shape index (κ2) is 5.89. The maximum atomic E-state index is 14.3. The number of rotatable bonds is 3. The van der Waals surface area contributed by atoms with Gasteiger partial charge in [0.2, 0.25) is 0 Å². The van der Waals surface area contributed by atoms with Crippen molar-refractivity contribution in [3.63, 3.8) is 0 Å². The summed E-state index contributed by atoms with van der Waals surface area (Å²) in [4.78, 5) is 4.06. The van der Waals surface area contributed by atoms with Crippen LogP contribution in [0.5, 0.6) is 0 Å². The number of halogens is 2. The Bertz CT molecular complexity index is 859. The van der Waals surface area contributed by atoms with Crippen LogP contribution in [-0.2, 0) is 0 Å². The number of hydrogen-bond donors (Lipinski definition) is 1. The molecular formula is C17H15F2N3O. The van der Waals surface area contributed by atoms with Gasteiger partial charge in [0, 0.05) is 11.6 Å². The first-order chi connectivity index (χ1) is 11.0. The standard InChI is InChI=1S/C17H15F2N3O/c1-9(20)12-7-6-11(8-15(12)19)13-4-3-5-14(18)16(13)17-21-10(2)22-23-17/h3-9H,20H2,1-2H3/t9-/m1/s1. The first-order valence-electron chi connectivity index (χ1n) is 7.12. The molecule has 1 atom stereocenters. The number of nitrogens with two attached hydrogens (primary N) is 1. The molecule has 6 heteroatoms. The molecule has 0 amide bonds. The quantitative estimate of drug-likeness (QED) is 0.793. The minimum absolute atomic E-state index is 0.0623. The summed E-state index contributed by atoms with van der Waals surface area (Å²) >= 11 is 0. The van der Waals surface area contributed by atoms with Gasteiger partial charge < -0.3 is 10.3 Å². The van der Waals surface area contributed by atoms with Crippen LogP contribution in [0.2, 0.25) is 0 Å². The number of nitrogens with zero attached hydrogens (tertiary/aromatic N) is 2. The fraction of sp³-hybridized carbons (Fsp3) is 0.176. The highest BCUT2D eigenvalue weighted by atomic mass is 19.1. The predicted molar refractivity (Wildman–Crippen MR) is 82.4 cm³/mol. The Labute approximate surface area is 131 Å². The van der Waals surface area contributed by atoms with E-state index < -0.39 is 17.7 Å². The summed E-state index contributed by atoms with van der Waals surface area (Å²) in [7, 11) is 0. The summed E-state index contributed by atoms with van der Waals surface area (Å²) in [5.41, 5.74) is 7.26. The van der Waals surface area contributed by atoms with Gasteiger partial charge in [0.25, 0.3) is 5.89 Å². The molecule has 4 nitrogen and oxygen atoms in total. The SMILES string of the molecule is Cc1noc(-c2c(F)cccc2-c2ccc([C@@H](C)N)c(F)c2)n1. The van der Waals surface area contributed by atoms with Gasteiger partial charge in [-0.15, -0.1) is 0 Å². The van der Waals surface area contributed by atoms with Gasteiger partial charge in [0.1, 0.15) is 11.6 Å². The van der Waals surface area contributed by atoms with Gasteiger partial charge in [-0.05, 0) is 37.1 Å². The lowest BCUT2D eigenvalue weighted by Crippen LogP contribution is -2.07. The lowest BCUT2D eigenvalue weighted by molar-refractivity contribution is 0.423. The third kappa shape index (κ3) is 2.85. The third-order valence-corrected chi connectivity index (χ3v) is 3.56. The molecule has 0 fully saturated rings. The zero-order chi connectivity index (χ0) is 16.6. The summed E-state index contributed by atoms with van der Waals surface area (Å²) in [6.07, 6.45) is 0. The molecule has 0 spiro atoms. The monoisotopic (exact) mass is 315 g/mol. The summed E-state index contributed by atoms with van der Waals surface area (Å²) in [5, 5.41) is 3.68. The van der Waals surface area contributed by atoms with Gasteiger partial charge in [-0.1, -0.05) is 29.4 Å². The largest absolute Gasteiger partial charge is 0.334 e. The highest BCUT2D eigenvalue weighted by Crippen LogP contribution is 2.34. The number of hydrogen-bond acceptors (Lipinski definition) is 4. The van der Waals surface area contributed by atoms with Crippen LogP contribution in [0, 0.1) is 18.6 Å². The lowest BCUT2D eigenvalue weighted by atomic mass is 9.96. The molecule has 23 heavy (non-hydrogen) atoms. The minimum atomic E-state index is -0.511. The lowest BCUT2D eigenvalue weighted by Gasteiger charge is -2.11. The molecule has 2 aromatic carbocycles. The second-order valence-electron chi connectivity index (χ2n) is 5.33. The molecule has 1 aromatic heterocycles. The van der Waals surface area contributed by atoms with Crippen molar-refractivity contribution < 1.29 is 13.3 Å². The summed E-state index contributed by atoms with van der Waals surface area (Å²) in [6, 6.07) is 8.74. The van der Waals surface area contributed by atoms with E-state index >= 15 is 0 Å². The molecule has 1 heterocycles. The highest BCUT2D eigenvalue weighted by molar-refractivity contribution is 5.80. The smallest absolute Gasteiger partial charge is 0.261 e. The average molecular weight is 315 g/mol. The molecule has 0 aliphatic rings. The van der Waals surface area contributed by atoms with Crippen molar-refractivity contribution in [2.24, 2.45) is 5.73 Å². The zero-order valence-corrected chi connectivity index (χ0v) is 12.7. The first kappa shape index (κ1) is 15.3. The molecule has 0 aliphatic heterocycles. The van der Waals surface area contributed by atoms with Crippen LogP contribution >= 0.6 is 0 Å². The highest BCUT2D eigenvalue weighted by Gasteiger charge is 2.19. The number of benzene rings is 2. The van der Waals surface area contributed by atoms with E-state index in [1.165, 1.54) is 12.1 Å². The van der Waals surface area contributed by atoms with E-state index in [-0.39, 0.29) is 11.5 Å². The number of aryl methyl sites for hydroxylation is 1. The summed E-state index contributed by atoms with van der Waals surface area (Å²) < 4.78 is 33.6. The van der Waals surface area contributed by atoms with Crippen LogP contribution in [0.1, 0.15) is 24.4 Å². The van der Waals surface area contributed by atoms with Gasteiger partial charge in [-0.25, -0.2) is 8.78 Å². The fourth-order valence-electron chi connectivity index (χ4n) is 2.44. The summed E-state index contributed by atoms with van der Waals surface area (Å²) in [5.74, 6) is -0.489. The molecule has 3 rings (SSSR count). The van der Waals surface area contributed by atoms with E-state index in [9.17, 15) is 8.78 Å². The van der Waals surface area contributed by atoms with Crippen molar-refractivity contribution >= 4 is 0 Å². The molecule has 0 bridgehead atoms. The molecule has 2 N–H and O–H groups in total. The Kier molecular flexibility index (Phi) is 3.92. The van der Waals surface area contributed by atoms with Gasteiger partial charge >= 0.3 is 0 Å². The van der Waals surface area contributed by atoms with E-state index in [1.54, 1.807) is 38.1 Å². The number of aromatic nitrogens is 2. The van der Waals surface area contributed by atoms with Crippen molar-refractivity contribution in [1.29, 1.82) is 0 Å². The molecule has 0 unspecified atom stereocenters. The summed E-state index contributed by atoms with van der Waals surface area (Å²) in [6.45, 7) is 3.34. The third-order valence-electron chi connectivity index (χ3n) is 3.56. The average Bonchev–Trinajstić information content (AvgIpc) is 2.92. The van der Waals surface area contributed by atoms with Gasteiger partial charge in [0.15, 0.2) is 5.82 Å². The van der Waals surface area contributed by atoms with E-state index in [0.717, 1.165) is 0 Å². The van der Waals surface area contributed by atoms with Gasteiger partial charge in [-0.3, -0.25) is 0 Å². The Balaban J connectivity index is 2.18. The van der Waals surface area contributed by atoms with E-state index in [1.807, 2.05) is 0 Å². The van der Waals surface area contributed by atoms with Crippen molar-refractivity contribution in [3.8, 4) is 22.6 Å². The second-order valence-corrected chi connectivity index (χ2v) is 5.33. The van der Waals surface area contributed by atoms with E-state index in [2.05, 4.69) is 10.1 Å². The van der Waals surface area contributed by atoms with Crippen molar-refractivity contribution in [2.75, 3.05) is 0 Å². The first-order valence-corrected chi connectivity index (χ1v) is 7.12. The fourth-order valence-corrected chi connectivity index (χ4v) is 2.44. The molecule has 118 valence electrons. The molecule has 0 radical (unpaired) electrons. The van der Waals surface area contributed by atoms with Crippen molar-refractivity contribution in [2.45, 2.75) is 19.9 Å². The topological polar surface area (TPSA) is 64.9 Å². The molecule has 0 saturated carbocycles. The maximum Gasteiger partial charge on any atom is 0.261 e. The Morgan fingerprint density at radius 3 is 2.52 bits per heavy atom. The molecular weight excluding hydrogens is 300 g/mol. The Morgan fingerprint density at radius 2 is 1.91 bits per heavy atom. The van der Waals surface area contributed by atoms with Gasteiger partial charge in [-0.2, -0.15) is 4.98 Å². The van der Waals surface area contributed by atoms with Crippen LogP contribution in [0.4, 0.5) is 8.78 Å². The minimum Gasteiger partial charge on any atom is -0.334 e. The van der Waals surface area contributed by atoms with Gasteiger partial charge in [0.05, 0.1) is 5.56 Å². The molecule has 0 saturated heterocycles. The zero-order valence-electron chi connectivity index (χ0n) is 12.7. The van der Waals surface area contributed by atoms with Crippen molar-refractivity contribution in [1.82, 2.24) is 10.1 Å². The molecule has 0 aliphatic carbocycles. The predicted octanol–water partition coefficient (Wildman–Crippen LogP) is 4.01. The van der Waals surface area contributed by atoms with Crippen molar-refractivity contribution in [3.05, 3.63) is 59.4 Å². The Hall–Kier alpha value is -2.60. The maximum absolute atomic E-state index is 14.3.